The highest BCUT2D eigenvalue weighted by atomic mass is 16.6. The Morgan fingerprint density at radius 2 is 1.82 bits per heavy atom. The van der Waals surface area contributed by atoms with Crippen LogP contribution >= 0.6 is 0 Å². The molecule has 0 bridgehead atoms. The molecule has 0 aliphatic rings. The number of hydrogen-bond acceptors (Lipinski definition) is 4. The molecule has 4 heteroatoms. The molecule has 0 N–H and O–H groups in total. The fourth-order valence-corrected chi connectivity index (χ4v) is 1.87. The van der Waals surface area contributed by atoms with Gasteiger partial charge in [0.25, 0.3) is 0 Å². The van der Waals surface area contributed by atoms with E-state index in [1.807, 2.05) is 13.0 Å². The molecule has 0 unspecified atom stereocenters. The summed E-state index contributed by atoms with van der Waals surface area (Å²) in [7, 11) is 0. The number of aryl methyl sites for hydroxylation is 1. The predicted molar refractivity (Wildman–Crippen MR) is 85.7 cm³/mol. The normalized spacial score (nSPS) is 11.1. The molecule has 4 nitrogen and oxygen atoms in total. The fourth-order valence-electron chi connectivity index (χ4n) is 1.87. The van der Waals surface area contributed by atoms with Crippen LogP contribution in [0.1, 0.15) is 52.0 Å². The van der Waals surface area contributed by atoms with Gasteiger partial charge >= 0.3 is 11.9 Å². The summed E-state index contributed by atoms with van der Waals surface area (Å²) >= 11 is 0. The lowest BCUT2D eigenvalue weighted by molar-refractivity contribution is -0.164. The quantitative estimate of drug-likeness (QED) is 0.315. The molecule has 0 aliphatic heterocycles. The van der Waals surface area contributed by atoms with Crippen LogP contribution in [0, 0.1) is 12.3 Å². The number of benzene rings is 1. The molecule has 0 fully saturated rings. The summed E-state index contributed by atoms with van der Waals surface area (Å²) in [5, 5.41) is 0. The van der Waals surface area contributed by atoms with Crippen LogP contribution < -0.4 is 4.74 Å². The molecule has 0 spiro atoms. The van der Waals surface area contributed by atoms with Crippen molar-refractivity contribution in [1.29, 1.82) is 0 Å². The smallest absolute Gasteiger partial charge is 0.328 e. The summed E-state index contributed by atoms with van der Waals surface area (Å²) in [6.45, 7) is 7.43. The highest BCUT2D eigenvalue weighted by Crippen LogP contribution is 2.23. The molecule has 1 aromatic carbocycles. The summed E-state index contributed by atoms with van der Waals surface area (Å²) in [4.78, 5) is 24.3. The Bertz CT molecular complexity index is 506. The summed E-state index contributed by atoms with van der Waals surface area (Å²) < 4.78 is 10.5. The number of esters is 2. The first-order valence-electron chi connectivity index (χ1n) is 7.84. The van der Waals surface area contributed by atoms with Gasteiger partial charge in [-0.25, -0.2) is 0 Å². The van der Waals surface area contributed by atoms with Gasteiger partial charge < -0.3 is 9.47 Å². The van der Waals surface area contributed by atoms with Gasteiger partial charge in [-0.05, 0) is 44.9 Å². The van der Waals surface area contributed by atoms with Gasteiger partial charge in [-0.15, -0.1) is 0 Å². The topological polar surface area (TPSA) is 52.6 Å². The molecule has 1 rings (SSSR count). The van der Waals surface area contributed by atoms with Crippen molar-refractivity contribution in [1.82, 2.24) is 0 Å². The standard InChI is InChI=1S/C18H26O4/c1-5-6-7-8-12-21-16(19)18(3,4)17(20)22-15-11-9-10-14(2)13-15/h9-11,13H,5-8,12H2,1-4H3. The zero-order valence-electron chi connectivity index (χ0n) is 14.0. The molecule has 0 atom stereocenters. The zero-order chi connectivity index (χ0) is 16.6. The molecular weight excluding hydrogens is 280 g/mol. The third kappa shape index (κ3) is 5.51. The number of unbranched alkanes of at least 4 members (excludes halogenated alkanes) is 3. The minimum absolute atomic E-state index is 0.347. The van der Waals surface area contributed by atoms with Crippen LogP contribution in [-0.2, 0) is 14.3 Å². The molecule has 122 valence electrons. The lowest BCUT2D eigenvalue weighted by Gasteiger charge is -2.20. The Morgan fingerprint density at radius 3 is 2.45 bits per heavy atom. The number of rotatable bonds is 8. The highest BCUT2D eigenvalue weighted by molar-refractivity contribution is 5.99. The van der Waals surface area contributed by atoms with Gasteiger partial charge in [0.15, 0.2) is 5.41 Å². The largest absolute Gasteiger partial charge is 0.465 e. The predicted octanol–water partition coefficient (Wildman–Crippen LogP) is 4.05. The van der Waals surface area contributed by atoms with Gasteiger partial charge in [0.2, 0.25) is 0 Å². The van der Waals surface area contributed by atoms with Crippen LogP contribution in [0.4, 0.5) is 0 Å². The average Bonchev–Trinajstić information content (AvgIpc) is 2.46. The van der Waals surface area contributed by atoms with Crippen molar-refractivity contribution >= 4 is 11.9 Å². The maximum Gasteiger partial charge on any atom is 0.328 e. The minimum Gasteiger partial charge on any atom is -0.465 e. The summed E-state index contributed by atoms with van der Waals surface area (Å²) in [5.41, 5.74) is -0.323. The van der Waals surface area contributed by atoms with E-state index in [4.69, 9.17) is 9.47 Å². The van der Waals surface area contributed by atoms with Crippen molar-refractivity contribution in [2.75, 3.05) is 6.61 Å². The van der Waals surface area contributed by atoms with Gasteiger partial charge in [-0.3, -0.25) is 9.59 Å². The van der Waals surface area contributed by atoms with E-state index in [0.717, 1.165) is 31.2 Å². The number of carbonyl (C=O) groups excluding carboxylic acids is 2. The van der Waals surface area contributed by atoms with Crippen LogP contribution in [0.15, 0.2) is 24.3 Å². The number of hydrogen-bond donors (Lipinski definition) is 0. The Kier molecular flexibility index (Phi) is 7.09. The molecular formula is C18H26O4. The van der Waals surface area contributed by atoms with Crippen molar-refractivity contribution < 1.29 is 19.1 Å². The van der Waals surface area contributed by atoms with Crippen LogP contribution in [0.2, 0.25) is 0 Å². The van der Waals surface area contributed by atoms with E-state index in [1.165, 1.54) is 13.8 Å². The van der Waals surface area contributed by atoms with E-state index in [0.29, 0.717) is 12.4 Å². The maximum absolute atomic E-state index is 12.2. The van der Waals surface area contributed by atoms with Crippen molar-refractivity contribution in [2.24, 2.45) is 5.41 Å². The molecule has 0 saturated carbocycles. The minimum atomic E-state index is -1.31. The van der Waals surface area contributed by atoms with Gasteiger partial charge in [0.1, 0.15) is 5.75 Å². The van der Waals surface area contributed by atoms with Gasteiger partial charge in [-0.2, -0.15) is 0 Å². The van der Waals surface area contributed by atoms with Crippen molar-refractivity contribution in [3.05, 3.63) is 29.8 Å². The van der Waals surface area contributed by atoms with E-state index < -0.39 is 17.4 Å². The molecule has 0 radical (unpaired) electrons. The van der Waals surface area contributed by atoms with Crippen LogP contribution in [0.5, 0.6) is 5.75 Å². The third-order valence-electron chi connectivity index (χ3n) is 3.45. The number of ether oxygens (including phenoxy) is 2. The molecule has 0 heterocycles. The second-order valence-corrected chi connectivity index (χ2v) is 6.03. The Balaban J connectivity index is 2.52. The zero-order valence-corrected chi connectivity index (χ0v) is 14.0. The molecule has 0 amide bonds. The SMILES string of the molecule is CCCCCCOC(=O)C(C)(C)C(=O)Oc1cccc(C)c1. The van der Waals surface area contributed by atoms with E-state index >= 15 is 0 Å². The molecule has 0 saturated heterocycles. The van der Waals surface area contributed by atoms with Crippen LogP contribution in [0.3, 0.4) is 0 Å². The maximum atomic E-state index is 12.2. The van der Waals surface area contributed by atoms with Gasteiger partial charge in [0.05, 0.1) is 6.61 Å². The molecule has 0 aromatic heterocycles. The van der Waals surface area contributed by atoms with Gasteiger partial charge in [0, 0.05) is 0 Å². The van der Waals surface area contributed by atoms with Crippen molar-refractivity contribution in [3.63, 3.8) is 0 Å². The second-order valence-electron chi connectivity index (χ2n) is 6.03. The second kappa shape index (κ2) is 8.57. The molecule has 0 aliphatic carbocycles. The lowest BCUT2D eigenvalue weighted by Crippen LogP contribution is -2.38. The fraction of sp³-hybridized carbons (Fsp3) is 0.556. The Labute approximate surface area is 132 Å². The monoisotopic (exact) mass is 306 g/mol. The first-order valence-corrected chi connectivity index (χ1v) is 7.84. The van der Waals surface area contributed by atoms with E-state index in [9.17, 15) is 9.59 Å². The summed E-state index contributed by atoms with van der Waals surface area (Å²) in [5.74, 6) is -0.702. The lowest BCUT2D eigenvalue weighted by atomic mass is 9.94. The average molecular weight is 306 g/mol. The third-order valence-corrected chi connectivity index (χ3v) is 3.45. The highest BCUT2D eigenvalue weighted by Gasteiger charge is 2.39. The van der Waals surface area contributed by atoms with Gasteiger partial charge in [-0.1, -0.05) is 38.3 Å². The molecule has 1 aromatic rings. The summed E-state index contributed by atoms with van der Waals surface area (Å²) in [6, 6.07) is 7.16. The Morgan fingerprint density at radius 1 is 1.09 bits per heavy atom. The van der Waals surface area contributed by atoms with E-state index in [-0.39, 0.29) is 0 Å². The van der Waals surface area contributed by atoms with Crippen molar-refractivity contribution in [2.45, 2.75) is 53.4 Å². The van der Waals surface area contributed by atoms with E-state index in [1.54, 1.807) is 18.2 Å². The van der Waals surface area contributed by atoms with E-state index in [2.05, 4.69) is 6.92 Å². The van der Waals surface area contributed by atoms with Crippen LogP contribution in [0.25, 0.3) is 0 Å². The Hall–Kier alpha value is -1.84. The first kappa shape index (κ1) is 18.2. The first-order chi connectivity index (χ1) is 10.4. The number of carbonyl (C=O) groups is 2. The molecule has 22 heavy (non-hydrogen) atoms. The van der Waals surface area contributed by atoms with Crippen LogP contribution in [-0.4, -0.2) is 18.5 Å². The van der Waals surface area contributed by atoms with Crippen molar-refractivity contribution in [3.8, 4) is 5.75 Å². The summed E-state index contributed by atoms with van der Waals surface area (Å²) in [6.07, 6.45) is 4.10.